The van der Waals surface area contributed by atoms with Crippen molar-refractivity contribution in [1.29, 1.82) is 0 Å². The summed E-state index contributed by atoms with van der Waals surface area (Å²) in [7, 11) is -2.02. The fourth-order valence-electron chi connectivity index (χ4n) is 4.10. The Kier molecular flexibility index (Phi) is 10.5. The second kappa shape index (κ2) is 12.9. The number of nitrogens with one attached hydrogen (secondary N) is 1. The van der Waals surface area contributed by atoms with Gasteiger partial charge in [-0.3, -0.25) is 13.9 Å². The Morgan fingerprint density at radius 3 is 2.19 bits per heavy atom. The van der Waals surface area contributed by atoms with Crippen molar-refractivity contribution in [1.82, 2.24) is 10.2 Å². The molecule has 0 bridgehead atoms. The lowest BCUT2D eigenvalue weighted by Gasteiger charge is -2.33. The highest BCUT2D eigenvalue weighted by molar-refractivity contribution is 7.92. The third-order valence-corrected chi connectivity index (χ3v) is 7.19. The van der Waals surface area contributed by atoms with Gasteiger partial charge in [0.2, 0.25) is 21.8 Å². The molecule has 9 heteroatoms. The van der Waals surface area contributed by atoms with E-state index in [1.807, 2.05) is 58.9 Å². The molecule has 0 aliphatic heterocycles. The second-order valence-corrected chi connectivity index (χ2v) is 12.2. The molecule has 1 atom stereocenters. The first-order valence-corrected chi connectivity index (χ1v) is 14.4. The summed E-state index contributed by atoms with van der Waals surface area (Å²) in [5.74, 6) is 0.230. The van der Waals surface area contributed by atoms with Crippen molar-refractivity contribution in [3.8, 4) is 5.75 Å². The molecule has 0 radical (unpaired) electrons. The fourth-order valence-corrected chi connectivity index (χ4v) is 5.06. The molecule has 2 aromatic rings. The molecule has 0 saturated heterocycles. The third kappa shape index (κ3) is 9.07. The molecule has 2 rings (SSSR count). The first-order valence-electron chi connectivity index (χ1n) is 12.5. The molecule has 2 amide bonds. The molecule has 0 spiro atoms. The van der Waals surface area contributed by atoms with Crippen LogP contribution in [-0.2, 0) is 26.2 Å². The lowest BCUT2D eigenvalue weighted by molar-refractivity contribution is -0.142. The topological polar surface area (TPSA) is 96.0 Å². The quantitative estimate of drug-likeness (QED) is 0.441. The van der Waals surface area contributed by atoms with Gasteiger partial charge < -0.3 is 15.0 Å². The molecule has 0 aromatic heterocycles. The van der Waals surface area contributed by atoms with Crippen LogP contribution in [0.25, 0.3) is 0 Å². The first-order chi connectivity index (χ1) is 17.3. The molecule has 204 valence electrons. The van der Waals surface area contributed by atoms with E-state index in [2.05, 4.69) is 5.32 Å². The lowest BCUT2D eigenvalue weighted by atomic mass is 10.0. The molecule has 1 N–H and O–H groups in total. The van der Waals surface area contributed by atoms with Crippen LogP contribution < -0.4 is 14.4 Å². The van der Waals surface area contributed by atoms with E-state index in [1.165, 1.54) is 4.31 Å². The number of hydrogen-bond donors (Lipinski definition) is 1. The predicted octanol–water partition coefficient (Wildman–Crippen LogP) is 4.27. The number of methoxy groups -OCH3 is 1. The van der Waals surface area contributed by atoms with Crippen LogP contribution in [0.4, 0.5) is 5.69 Å². The summed E-state index contributed by atoms with van der Waals surface area (Å²) in [5, 5.41) is 3.00. The SMILES string of the molecule is CC[C@@H](C(=O)NC(C)(C)C)N(Cc1ccccc1C)C(=O)CCCN(c1ccc(OC)cc1)S(C)(=O)=O. The largest absolute Gasteiger partial charge is 0.497 e. The van der Waals surface area contributed by atoms with Crippen LogP contribution in [0, 0.1) is 6.92 Å². The minimum absolute atomic E-state index is 0.105. The van der Waals surface area contributed by atoms with Crippen molar-refractivity contribution < 1.29 is 22.7 Å². The van der Waals surface area contributed by atoms with E-state index < -0.39 is 21.6 Å². The maximum atomic E-state index is 13.5. The summed E-state index contributed by atoms with van der Waals surface area (Å²) in [5.41, 5.74) is 2.07. The van der Waals surface area contributed by atoms with Crippen LogP contribution in [0.1, 0.15) is 58.1 Å². The maximum absolute atomic E-state index is 13.5. The first kappa shape index (κ1) is 30.2. The molecule has 0 saturated carbocycles. The fraction of sp³-hybridized carbons (Fsp3) is 0.500. The van der Waals surface area contributed by atoms with Crippen molar-refractivity contribution >= 4 is 27.5 Å². The molecule has 0 fully saturated rings. The summed E-state index contributed by atoms with van der Waals surface area (Å²) in [6, 6.07) is 13.9. The number of sulfonamides is 1. The van der Waals surface area contributed by atoms with E-state index in [1.54, 1.807) is 36.3 Å². The van der Waals surface area contributed by atoms with Gasteiger partial charge in [0.05, 0.1) is 19.1 Å². The number of carbonyl (C=O) groups is 2. The van der Waals surface area contributed by atoms with Crippen molar-refractivity contribution in [2.24, 2.45) is 0 Å². The van der Waals surface area contributed by atoms with Gasteiger partial charge in [0.15, 0.2) is 0 Å². The van der Waals surface area contributed by atoms with Crippen molar-refractivity contribution in [2.45, 2.75) is 72.0 Å². The van der Waals surface area contributed by atoms with Gasteiger partial charge >= 0.3 is 0 Å². The highest BCUT2D eigenvalue weighted by Crippen LogP contribution is 2.23. The molecule has 37 heavy (non-hydrogen) atoms. The number of rotatable bonds is 12. The van der Waals surface area contributed by atoms with Gasteiger partial charge in [-0.05, 0) is 75.9 Å². The van der Waals surface area contributed by atoms with E-state index in [4.69, 9.17) is 4.74 Å². The van der Waals surface area contributed by atoms with E-state index >= 15 is 0 Å². The Morgan fingerprint density at radius 1 is 1.05 bits per heavy atom. The van der Waals surface area contributed by atoms with Gasteiger partial charge in [-0.1, -0.05) is 31.2 Å². The van der Waals surface area contributed by atoms with Crippen LogP contribution in [0.5, 0.6) is 5.75 Å². The van der Waals surface area contributed by atoms with Gasteiger partial charge in [0.1, 0.15) is 11.8 Å². The average Bonchev–Trinajstić information content (AvgIpc) is 2.81. The van der Waals surface area contributed by atoms with E-state index in [-0.39, 0.29) is 24.8 Å². The molecule has 0 aliphatic carbocycles. The third-order valence-electron chi connectivity index (χ3n) is 6.00. The normalized spacial score (nSPS) is 12.5. The number of carbonyl (C=O) groups excluding carboxylic acids is 2. The zero-order valence-electron chi connectivity index (χ0n) is 23.1. The Bertz CT molecular complexity index is 1160. The Labute approximate surface area is 222 Å². The number of nitrogens with zero attached hydrogens (tertiary/aromatic N) is 2. The van der Waals surface area contributed by atoms with Crippen molar-refractivity contribution in [3.63, 3.8) is 0 Å². The zero-order chi connectivity index (χ0) is 27.8. The van der Waals surface area contributed by atoms with Crippen molar-refractivity contribution in [3.05, 3.63) is 59.7 Å². The standard InChI is InChI=1S/C28H41N3O5S/c1-8-25(27(33)29-28(3,4)5)30(20-22-13-10-9-12-21(22)2)26(32)14-11-19-31(37(7,34)35)23-15-17-24(36-6)18-16-23/h9-10,12-13,15-18,25H,8,11,14,19-20H2,1-7H3,(H,29,33)/t25-/m0/s1. The zero-order valence-corrected chi connectivity index (χ0v) is 23.9. The van der Waals surface area contributed by atoms with Gasteiger partial charge in [0.25, 0.3) is 0 Å². The summed E-state index contributed by atoms with van der Waals surface area (Å²) in [6.45, 7) is 10.0. The summed E-state index contributed by atoms with van der Waals surface area (Å²) in [4.78, 5) is 28.3. The predicted molar refractivity (Wildman–Crippen MR) is 148 cm³/mol. The molecule has 8 nitrogen and oxygen atoms in total. The van der Waals surface area contributed by atoms with Crippen LogP contribution in [0.2, 0.25) is 0 Å². The highest BCUT2D eigenvalue weighted by Gasteiger charge is 2.31. The monoisotopic (exact) mass is 531 g/mol. The molecule has 2 aromatic carbocycles. The molecule has 0 heterocycles. The Morgan fingerprint density at radius 2 is 1.68 bits per heavy atom. The molecular weight excluding hydrogens is 490 g/mol. The number of aryl methyl sites for hydroxylation is 1. The van der Waals surface area contributed by atoms with Crippen LogP contribution in [0.3, 0.4) is 0 Å². The van der Waals surface area contributed by atoms with Crippen LogP contribution in [0.15, 0.2) is 48.5 Å². The van der Waals surface area contributed by atoms with Gasteiger partial charge in [-0.15, -0.1) is 0 Å². The maximum Gasteiger partial charge on any atom is 0.243 e. The van der Waals surface area contributed by atoms with E-state index in [0.717, 1.165) is 17.4 Å². The summed E-state index contributed by atoms with van der Waals surface area (Å²) in [6.07, 6.45) is 2.02. The van der Waals surface area contributed by atoms with Crippen molar-refractivity contribution in [2.75, 3.05) is 24.2 Å². The van der Waals surface area contributed by atoms with Crippen LogP contribution >= 0.6 is 0 Å². The van der Waals surface area contributed by atoms with Gasteiger partial charge in [-0.2, -0.15) is 0 Å². The minimum atomic E-state index is -3.56. The molecule has 0 unspecified atom stereocenters. The van der Waals surface area contributed by atoms with E-state index in [0.29, 0.717) is 30.8 Å². The summed E-state index contributed by atoms with van der Waals surface area (Å²) < 4.78 is 31.4. The van der Waals surface area contributed by atoms with Gasteiger partial charge in [-0.25, -0.2) is 8.42 Å². The Hall–Kier alpha value is -3.07. The van der Waals surface area contributed by atoms with Crippen LogP contribution in [-0.4, -0.2) is 56.6 Å². The number of ether oxygens (including phenoxy) is 1. The number of amides is 2. The number of anilines is 1. The average molecular weight is 532 g/mol. The molecular formula is C28H41N3O5S. The minimum Gasteiger partial charge on any atom is -0.497 e. The van der Waals surface area contributed by atoms with Gasteiger partial charge in [0, 0.05) is 25.0 Å². The highest BCUT2D eigenvalue weighted by atomic mass is 32.2. The number of benzene rings is 2. The number of hydrogen-bond acceptors (Lipinski definition) is 5. The molecule has 0 aliphatic rings. The Balaban J connectivity index is 2.24. The van der Waals surface area contributed by atoms with E-state index in [9.17, 15) is 18.0 Å². The second-order valence-electron chi connectivity index (χ2n) is 10.2. The lowest BCUT2D eigenvalue weighted by Crippen LogP contribution is -2.53. The smallest absolute Gasteiger partial charge is 0.243 e. The summed E-state index contributed by atoms with van der Waals surface area (Å²) >= 11 is 0.